The number of nitrogen functional groups attached to an aromatic ring is 1. The van der Waals surface area contributed by atoms with Gasteiger partial charge >= 0.3 is 0 Å². The van der Waals surface area contributed by atoms with Gasteiger partial charge in [0.15, 0.2) is 0 Å². The third-order valence-corrected chi connectivity index (χ3v) is 1.41. The molecular weight excluding hydrogens is 138 g/mol. The Morgan fingerprint density at radius 1 is 1.27 bits per heavy atom. The van der Waals surface area contributed by atoms with E-state index >= 15 is 0 Å². The van der Waals surface area contributed by atoms with E-state index in [2.05, 4.69) is 0 Å². The van der Waals surface area contributed by atoms with Gasteiger partial charge in [-0.3, -0.25) is 5.84 Å². The molecule has 3 nitrogen and oxygen atoms in total. The lowest BCUT2D eigenvalue weighted by Crippen LogP contribution is -2.24. The third-order valence-electron chi connectivity index (χ3n) is 1.41. The highest BCUT2D eigenvalue weighted by atomic mass is 15.4. The van der Waals surface area contributed by atoms with Crippen molar-refractivity contribution in [1.29, 1.82) is 0 Å². The molecule has 4 N–H and O–H groups in total. The molecule has 0 saturated heterocycles. The predicted octanol–water partition coefficient (Wildman–Crippen LogP) is 0.574. The number of benzene rings is 1. The second-order valence-corrected chi connectivity index (χ2v) is 2.66. The summed E-state index contributed by atoms with van der Waals surface area (Å²) < 4.78 is 0. The Kier molecular flexibility index (Phi) is 2.46. The number of hydrogen-bond acceptors (Lipinski definition) is 3. The Morgan fingerprint density at radius 3 is 2.27 bits per heavy atom. The third kappa shape index (κ3) is 2.57. The van der Waals surface area contributed by atoms with E-state index in [0.717, 1.165) is 12.2 Å². The standard InChI is InChI=1S/C8H13N3/c1-11(10)6-7-2-4-8(9)5-3-7/h2-5H,6,9-10H2,1H3. The average molecular weight is 151 g/mol. The SMILES string of the molecule is CN(N)Cc1ccc(N)cc1. The molecule has 1 rings (SSSR count). The molecule has 0 aromatic heterocycles. The van der Waals surface area contributed by atoms with Crippen molar-refractivity contribution < 1.29 is 0 Å². The first-order valence-electron chi connectivity index (χ1n) is 3.49. The summed E-state index contributed by atoms with van der Waals surface area (Å²) in [7, 11) is 1.83. The zero-order valence-corrected chi connectivity index (χ0v) is 6.62. The fraction of sp³-hybridized carbons (Fsp3) is 0.250. The van der Waals surface area contributed by atoms with E-state index in [1.54, 1.807) is 5.01 Å². The summed E-state index contributed by atoms with van der Waals surface area (Å²) in [6, 6.07) is 7.69. The lowest BCUT2D eigenvalue weighted by atomic mass is 10.2. The zero-order valence-electron chi connectivity index (χ0n) is 6.62. The molecule has 0 aliphatic rings. The highest BCUT2D eigenvalue weighted by Crippen LogP contribution is 2.05. The van der Waals surface area contributed by atoms with Crippen LogP contribution >= 0.6 is 0 Å². The monoisotopic (exact) mass is 151 g/mol. The molecule has 0 saturated carbocycles. The Bertz CT molecular complexity index is 215. The van der Waals surface area contributed by atoms with Crippen LogP contribution in [0.15, 0.2) is 24.3 Å². The van der Waals surface area contributed by atoms with Crippen molar-refractivity contribution >= 4 is 5.69 Å². The van der Waals surface area contributed by atoms with Crippen molar-refractivity contribution in [2.45, 2.75) is 6.54 Å². The number of nitrogens with zero attached hydrogens (tertiary/aromatic N) is 1. The molecule has 0 fully saturated rings. The summed E-state index contributed by atoms with van der Waals surface area (Å²) in [4.78, 5) is 0. The van der Waals surface area contributed by atoms with Crippen LogP contribution in [-0.2, 0) is 6.54 Å². The lowest BCUT2D eigenvalue weighted by molar-refractivity contribution is 0.341. The molecule has 0 radical (unpaired) electrons. The van der Waals surface area contributed by atoms with Crippen molar-refractivity contribution in [2.75, 3.05) is 12.8 Å². The molecule has 0 heterocycles. The first kappa shape index (κ1) is 8.04. The smallest absolute Gasteiger partial charge is 0.0376 e. The summed E-state index contributed by atoms with van der Waals surface area (Å²) in [5.41, 5.74) is 7.47. The molecule has 60 valence electrons. The van der Waals surface area contributed by atoms with Crippen LogP contribution in [0.2, 0.25) is 0 Å². The number of nitrogens with two attached hydrogens (primary N) is 2. The van der Waals surface area contributed by atoms with Gasteiger partial charge in [-0.25, -0.2) is 5.01 Å². The summed E-state index contributed by atoms with van der Waals surface area (Å²) in [6.45, 7) is 0.750. The minimum absolute atomic E-state index is 0.750. The van der Waals surface area contributed by atoms with Crippen LogP contribution in [0.4, 0.5) is 5.69 Å². The van der Waals surface area contributed by atoms with Gasteiger partial charge < -0.3 is 5.73 Å². The van der Waals surface area contributed by atoms with E-state index < -0.39 is 0 Å². The second kappa shape index (κ2) is 3.37. The van der Waals surface area contributed by atoms with Crippen LogP contribution in [0.3, 0.4) is 0 Å². The fourth-order valence-corrected chi connectivity index (χ4v) is 0.911. The largest absolute Gasteiger partial charge is 0.399 e. The molecule has 0 bridgehead atoms. The Balaban J connectivity index is 2.66. The molecule has 3 heteroatoms. The fourth-order valence-electron chi connectivity index (χ4n) is 0.911. The highest BCUT2D eigenvalue weighted by molar-refractivity contribution is 5.39. The van der Waals surface area contributed by atoms with Gasteiger partial charge in [-0.2, -0.15) is 0 Å². The van der Waals surface area contributed by atoms with Gasteiger partial charge in [-0.05, 0) is 17.7 Å². The van der Waals surface area contributed by atoms with Crippen LogP contribution in [-0.4, -0.2) is 12.1 Å². The quantitative estimate of drug-likeness (QED) is 0.369. The Morgan fingerprint density at radius 2 is 1.82 bits per heavy atom. The van der Waals surface area contributed by atoms with Gasteiger partial charge in [0, 0.05) is 19.3 Å². The van der Waals surface area contributed by atoms with Gasteiger partial charge in [0.1, 0.15) is 0 Å². The maximum absolute atomic E-state index is 5.51. The Hall–Kier alpha value is -1.06. The molecule has 0 atom stereocenters. The summed E-state index contributed by atoms with van der Waals surface area (Å²) in [5.74, 6) is 5.46. The van der Waals surface area contributed by atoms with E-state index in [4.69, 9.17) is 11.6 Å². The molecule has 0 aliphatic carbocycles. The maximum Gasteiger partial charge on any atom is 0.0376 e. The van der Waals surface area contributed by atoms with E-state index in [0.29, 0.717) is 0 Å². The predicted molar refractivity (Wildman–Crippen MR) is 46.5 cm³/mol. The molecule has 0 spiro atoms. The van der Waals surface area contributed by atoms with Crippen LogP contribution in [0, 0.1) is 0 Å². The van der Waals surface area contributed by atoms with Crippen LogP contribution in [0.1, 0.15) is 5.56 Å². The molecule has 1 aromatic carbocycles. The van der Waals surface area contributed by atoms with E-state index in [9.17, 15) is 0 Å². The Labute approximate surface area is 66.6 Å². The number of rotatable bonds is 2. The van der Waals surface area contributed by atoms with Crippen molar-refractivity contribution in [3.8, 4) is 0 Å². The molecular formula is C8H13N3. The van der Waals surface area contributed by atoms with Gasteiger partial charge in [-0.15, -0.1) is 0 Å². The van der Waals surface area contributed by atoms with Gasteiger partial charge in [0.05, 0.1) is 0 Å². The summed E-state index contributed by atoms with van der Waals surface area (Å²) in [5, 5.41) is 1.63. The van der Waals surface area contributed by atoms with Gasteiger partial charge in [0.25, 0.3) is 0 Å². The van der Waals surface area contributed by atoms with Gasteiger partial charge in [-0.1, -0.05) is 12.1 Å². The molecule has 11 heavy (non-hydrogen) atoms. The van der Waals surface area contributed by atoms with E-state index in [1.165, 1.54) is 5.56 Å². The summed E-state index contributed by atoms with van der Waals surface area (Å²) in [6.07, 6.45) is 0. The summed E-state index contributed by atoms with van der Waals surface area (Å²) >= 11 is 0. The lowest BCUT2D eigenvalue weighted by Gasteiger charge is -2.08. The van der Waals surface area contributed by atoms with E-state index in [-0.39, 0.29) is 0 Å². The molecule has 0 amide bonds. The molecule has 1 aromatic rings. The average Bonchev–Trinajstić information content (AvgIpc) is 1.93. The van der Waals surface area contributed by atoms with Gasteiger partial charge in [0.2, 0.25) is 0 Å². The van der Waals surface area contributed by atoms with Crippen molar-refractivity contribution in [1.82, 2.24) is 5.01 Å². The second-order valence-electron chi connectivity index (χ2n) is 2.66. The number of anilines is 1. The van der Waals surface area contributed by atoms with Crippen molar-refractivity contribution in [3.05, 3.63) is 29.8 Å². The normalized spacial score (nSPS) is 10.5. The van der Waals surface area contributed by atoms with Crippen LogP contribution in [0.5, 0.6) is 0 Å². The molecule has 0 unspecified atom stereocenters. The number of hydrazine groups is 1. The van der Waals surface area contributed by atoms with E-state index in [1.807, 2.05) is 31.3 Å². The van der Waals surface area contributed by atoms with Crippen LogP contribution in [0.25, 0.3) is 0 Å². The van der Waals surface area contributed by atoms with Crippen molar-refractivity contribution in [3.63, 3.8) is 0 Å². The minimum atomic E-state index is 0.750. The topological polar surface area (TPSA) is 55.3 Å². The first-order chi connectivity index (χ1) is 5.18. The first-order valence-corrected chi connectivity index (χ1v) is 3.49. The zero-order chi connectivity index (χ0) is 8.27. The minimum Gasteiger partial charge on any atom is -0.399 e. The maximum atomic E-state index is 5.51. The van der Waals surface area contributed by atoms with Crippen molar-refractivity contribution in [2.24, 2.45) is 5.84 Å². The van der Waals surface area contributed by atoms with Crippen LogP contribution < -0.4 is 11.6 Å². The number of hydrogen-bond donors (Lipinski definition) is 2. The molecule has 0 aliphatic heterocycles. The highest BCUT2D eigenvalue weighted by Gasteiger charge is 1.93.